The van der Waals surface area contributed by atoms with Crippen LogP contribution in [0, 0.1) is 5.92 Å². The van der Waals surface area contributed by atoms with Crippen molar-refractivity contribution in [3.05, 3.63) is 29.8 Å². The van der Waals surface area contributed by atoms with Crippen molar-refractivity contribution in [2.45, 2.75) is 32.1 Å². The van der Waals surface area contributed by atoms with Crippen LogP contribution >= 0.6 is 0 Å². The molecular formula is C14H19NO. The molecule has 1 N–H and O–H groups in total. The van der Waals surface area contributed by atoms with Gasteiger partial charge >= 0.3 is 0 Å². The molecule has 1 aliphatic carbocycles. The number of nitrogens with one attached hydrogen (secondary N) is 1. The van der Waals surface area contributed by atoms with E-state index in [0.717, 1.165) is 30.0 Å². The first-order chi connectivity index (χ1) is 7.88. The Morgan fingerprint density at radius 3 is 2.44 bits per heavy atom. The quantitative estimate of drug-likeness (QED) is 0.782. The van der Waals surface area contributed by atoms with Gasteiger partial charge in [-0.15, -0.1) is 0 Å². The lowest BCUT2D eigenvalue weighted by Gasteiger charge is -2.22. The van der Waals surface area contributed by atoms with Crippen molar-refractivity contribution in [1.82, 2.24) is 0 Å². The molecule has 1 saturated carbocycles. The SMILES string of the molecule is O=Cc1ccc(NCC2CCCCC2)cc1. The van der Waals surface area contributed by atoms with Gasteiger partial charge in [-0.25, -0.2) is 0 Å². The molecule has 0 atom stereocenters. The standard InChI is InChI=1S/C14H19NO/c16-11-13-6-8-14(9-7-13)15-10-12-4-2-1-3-5-12/h6-9,11-12,15H,1-5,10H2. The molecular weight excluding hydrogens is 198 g/mol. The predicted octanol–water partition coefficient (Wildman–Crippen LogP) is 3.49. The number of benzene rings is 1. The van der Waals surface area contributed by atoms with Gasteiger partial charge in [-0.3, -0.25) is 4.79 Å². The molecule has 1 aromatic rings. The van der Waals surface area contributed by atoms with Crippen molar-refractivity contribution in [2.75, 3.05) is 11.9 Å². The predicted molar refractivity (Wildman–Crippen MR) is 66.9 cm³/mol. The second-order valence-electron chi connectivity index (χ2n) is 4.62. The molecule has 0 aromatic heterocycles. The Kier molecular flexibility index (Phi) is 3.97. The van der Waals surface area contributed by atoms with Gasteiger partial charge in [0.25, 0.3) is 0 Å². The fourth-order valence-corrected chi connectivity index (χ4v) is 2.33. The van der Waals surface area contributed by atoms with Crippen molar-refractivity contribution in [3.63, 3.8) is 0 Å². The van der Waals surface area contributed by atoms with Crippen molar-refractivity contribution < 1.29 is 4.79 Å². The zero-order valence-corrected chi connectivity index (χ0v) is 9.61. The molecule has 0 heterocycles. The summed E-state index contributed by atoms with van der Waals surface area (Å²) in [7, 11) is 0. The van der Waals surface area contributed by atoms with E-state index in [-0.39, 0.29) is 0 Å². The van der Waals surface area contributed by atoms with Crippen molar-refractivity contribution >= 4 is 12.0 Å². The van der Waals surface area contributed by atoms with Gasteiger partial charge in [0, 0.05) is 17.8 Å². The van der Waals surface area contributed by atoms with E-state index in [9.17, 15) is 4.79 Å². The second kappa shape index (κ2) is 5.69. The highest BCUT2D eigenvalue weighted by atomic mass is 16.1. The molecule has 0 saturated heterocycles. The summed E-state index contributed by atoms with van der Waals surface area (Å²) in [6.07, 6.45) is 7.78. The lowest BCUT2D eigenvalue weighted by atomic mass is 9.89. The Balaban J connectivity index is 1.81. The Morgan fingerprint density at radius 2 is 1.81 bits per heavy atom. The van der Waals surface area contributed by atoms with Crippen LogP contribution in [0.25, 0.3) is 0 Å². The highest BCUT2D eigenvalue weighted by Gasteiger charge is 2.12. The van der Waals surface area contributed by atoms with Gasteiger partial charge < -0.3 is 5.32 Å². The normalized spacial score (nSPS) is 17.0. The van der Waals surface area contributed by atoms with Crippen LogP contribution < -0.4 is 5.32 Å². The third kappa shape index (κ3) is 3.09. The first-order valence-corrected chi connectivity index (χ1v) is 6.17. The number of carbonyl (C=O) groups excluding carboxylic acids is 1. The Morgan fingerprint density at radius 1 is 1.12 bits per heavy atom. The Bertz CT molecular complexity index is 325. The number of hydrogen-bond donors (Lipinski definition) is 1. The maximum atomic E-state index is 10.5. The van der Waals surface area contributed by atoms with E-state index in [2.05, 4.69) is 5.32 Å². The summed E-state index contributed by atoms with van der Waals surface area (Å²) in [6.45, 7) is 1.07. The number of hydrogen-bond acceptors (Lipinski definition) is 2. The summed E-state index contributed by atoms with van der Waals surface area (Å²) in [4.78, 5) is 10.5. The van der Waals surface area contributed by atoms with Crippen LogP contribution in [0.5, 0.6) is 0 Å². The highest BCUT2D eigenvalue weighted by molar-refractivity contribution is 5.75. The largest absolute Gasteiger partial charge is 0.385 e. The van der Waals surface area contributed by atoms with E-state index in [0.29, 0.717) is 0 Å². The molecule has 0 bridgehead atoms. The van der Waals surface area contributed by atoms with Crippen molar-refractivity contribution in [2.24, 2.45) is 5.92 Å². The van der Waals surface area contributed by atoms with Crippen LogP contribution in [0.3, 0.4) is 0 Å². The molecule has 2 heteroatoms. The van der Waals surface area contributed by atoms with Crippen LogP contribution in [0.4, 0.5) is 5.69 Å². The number of anilines is 1. The monoisotopic (exact) mass is 217 g/mol. The third-order valence-electron chi connectivity index (χ3n) is 3.37. The minimum absolute atomic E-state index is 0.739. The zero-order valence-electron chi connectivity index (χ0n) is 9.61. The van der Waals surface area contributed by atoms with E-state index in [1.54, 1.807) is 0 Å². The average Bonchev–Trinajstić information content (AvgIpc) is 2.38. The summed E-state index contributed by atoms with van der Waals surface area (Å²) < 4.78 is 0. The molecule has 2 rings (SSSR count). The Hall–Kier alpha value is -1.31. The van der Waals surface area contributed by atoms with E-state index >= 15 is 0 Å². The zero-order chi connectivity index (χ0) is 11.2. The fraction of sp³-hybridized carbons (Fsp3) is 0.500. The van der Waals surface area contributed by atoms with Gasteiger partial charge in [0.05, 0.1) is 0 Å². The van der Waals surface area contributed by atoms with Gasteiger partial charge in [0.1, 0.15) is 6.29 Å². The lowest BCUT2D eigenvalue weighted by Crippen LogP contribution is -2.16. The molecule has 0 aliphatic heterocycles. The van der Waals surface area contributed by atoms with E-state index < -0.39 is 0 Å². The van der Waals surface area contributed by atoms with E-state index in [4.69, 9.17) is 0 Å². The molecule has 0 amide bonds. The summed E-state index contributed by atoms with van der Waals surface area (Å²) in [5.74, 6) is 0.833. The van der Waals surface area contributed by atoms with Gasteiger partial charge in [-0.1, -0.05) is 19.3 Å². The number of aldehydes is 1. The summed E-state index contributed by atoms with van der Waals surface area (Å²) in [5.41, 5.74) is 1.86. The van der Waals surface area contributed by atoms with Crippen LogP contribution in [0.1, 0.15) is 42.5 Å². The van der Waals surface area contributed by atoms with Gasteiger partial charge in [0.15, 0.2) is 0 Å². The molecule has 1 aromatic carbocycles. The van der Waals surface area contributed by atoms with E-state index in [1.165, 1.54) is 32.1 Å². The minimum Gasteiger partial charge on any atom is -0.385 e. The first kappa shape index (κ1) is 11.2. The Labute approximate surface area is 97.1 Å². The van der Waals surface area contributed by atoms with E-state index in [1.807, 2.05) is 24.3 Å². The smallest absolute Gasteiger partial charge is 0.150 e. The molecule has 16 heavy (non-hydrogen) atoms. The third-order valence-corrected chi connectivity index (χ3v) is 3.37. The van der Waals surface area contributed by atoms with Crippen LogP contribution in [0.15, 0.2) is 24.3 Å². The maximum Gasteiger partial charge on any atom is 0.150 e. The molecule has 0 spiro atoms. The van der Waals surface area contributed by atoms with Gasteiger partial charge in [-0.05, 0) is 43.0 Å². The van der Waals surface area contributed by atoms with Gasteiger partial charge in [-0.2, -0.15) is 0 Å². The lowest BCUT2D eigenvalue weighted by molar-refractivity contribution is 0.112. The molecule has 1 aliphatic rings. The number of carbonyl (C=O) groups is 1. The van der Waals surface area contributed by atoms with Crippen LogP contribution in [-0.4, -0.2) is 12.8 Å². The molecule has 86 valence electrons. The van der Waals surface area contributed by atoms with Crippen LogP contribution in [-0.2, 0) is 0 Å². The molecule has 0 radical (unpaired) electrons. The molecule has 1 fully saturated rings. The maximum absolute atomic E-state index is 10.5. The van der Waals surface area contributed by atoms with Crippen molar-refractivity contribution in [3.8, 4) is 0 Å². The van der Waals surface area contributed by atoms with Gasteiger partial charge in [0.2, 0.25) is 0 Å². The van der Waals surface area contributed by atoms with Crippen molar-refractivity contribution in [1.29, 1.82) is 0 Å². The van der Waals surface area contributed by atoms with Crippen LogP contribution in [0.2, 0.25) is 0 Å². The first-order valence-electron chi connectivity index (χ1n) is 6.17. The summed E-state index contributed by atoms with van der Waals surface area (Å²) in [5, 5.41) is 3.45. The molecule has 0 unspecified atom stereocenters. The minimum atomic E-state index is 0.739. The highest BCUT2D eigenvalue weighted by Crippen LogP contribution is 2.23. The fourth-order valence-electron chi connectivity index (χ4n) is 2.33. The second-order valence-corrected chi connectivity index (χ2v) is 4.62. The average molecular weight is 217 g/mol. The summed E-state index contributed by atoms with van der Waals surface area (Å²) in [6, 6.07) is 7.67. The molecule has 2 nitrogen and oxygen atoms in total. The number of rotatable bonds is 4. The summed E-state index contributed by atoms with van der Waals surface area (Å²) >= 11 is 0. The topological polar surface area (TPSA) is 29.1 Å².